The summed E-state index contributed by atoms with van der Waals surface area (Å²) in [6, 6.07) is 20.9. The highest BCUT2D eigenvalue weighted by atomic mass is 35.5. The number of nitrogens with one attached hydrogen (secondary N) is 1. The maximum atomic E-state index is 6.69. The number of ether oxygens (including phenoxy) is 3. The molecule has 0 aliphatic carbocycles. The fraction of sp³-hybridized carbons (Fsp3) is 0.250. The molecule has 7 rings (SSSR count). The Kier molecular flexibility index (Phi) is 5.28. The molecular formula is C28H24ClN5O3. The van der Waals surface area contributed by atoms with Crippen molar-refractivity contribution in [2.75, 3.05) is 13.2 Å². The van der Waals surface area contributed by atoms with Crippen molar-refractivity contribution in [1.82, 2.24) is 25.0 Å². The molecule has 0 amide bonds. The van der Waals surface area contributed by atoms with E-state index in [1.807, 2.05) is 30.5 Å². The second-order valence-electron chi connectivity index (χ2n) is 9.68. The Morgan fingerprint density at radius 3 is 2.57 bits per heavy atom. The monoisotopic (exact) mass is 513 g/mol. The highest BCUT2D eigenvalue weighted by Crippen LogP contribution is 2.39. The van der Waals surface area contributed by atoms with Crippen LogP contribution in [0, 0.1) is 0 Å². The van der Waals surface area contributed by atoms with Crippen molar-refractivity contribution in [3.05, 3.63) is 78.1 Å². The lowest BCUT2D eigenvalue weighted by Crippen LogP contribution is -2.39. The smallest absolute Gasteiger partial charge is 0.295 e. The second kappa shape index (κ2) is 8.69. The molecule has 3 atom stereocenters. The molecule has 2 aliphatic rings. The van der Waals surface area contributed by atoms with E-state index in [-0.39, 0.29) is 17.8 Å². The van der Waals surface area contributed by atoms with Gasteiger partial charge in [-0.3, -0.25) is 0 Å². The molecule has 1 N–H and O–H groups in total. The Labute approximate surface area is 218 Å². The van der Waals surface area contributed by atoms with Gasteiger partial charge in [-0.15, -0.1) is 5.10 Å². The molecule has 3 aromatic carbocycles. The van der Waals surface area contributed by atoms with Crippen LogP contribution in [0.3, 0.4) is 0 Å². The summed E-state index contributed by atoms with van der Waals surface area (Å²) >= 11 is 6.69. The zero-order valence-corrected chi connectivity index (χ0v) is 20.9. The molecule has 4 heterocycles. The van der Waals surface area contributed by atoms with E-state index in [9.17, 15) is 0 Å². The zero-order chi connectivity index (χ0) is 25.0. The van der Waals surface area contributed by atoms with E-state index in [4.69, 9.17) is 25.8 Å². The van der Waals surface area contributed by atoms with Crippen LogP contribution in [-0.2, 0) is 9.47 Å². The van der Waals surface area contributed by atoms with Gasteiger partial charge in [0.05, 0.1) is 53.0 Å². The number of halogens is 1. The maximum absolute atomic E-state index is 6.69. The van der Waals surface area contributed by atoms with E-state index in [1.54, 1.807) is 10.9 Å². The normalized spacial score (nSPS) is 23.0. The Balaban J connectivity index is 1.12. The van der Waals surface area contributed by atoms with Crippen molar-refractivity contribution in [3.8, 4) is 34.0 Å². The predicted molar refractivity (Wildman–Crippen MR) is 140 cm³/mol. The van der Waals surface area contributed by atoms with Gasteiger partial charge in [0.15, 0.2) is 6.10 Å². The topological polar surface area (TPSA) is 87.1 Å². The lowest BCUT2D eigenvalue weighted by molar-refractivity contribution is -0.0124. The average molecular weight is 514 g/mol. The summed E-state index contributed by atoms with van der Waals surface area (Å²) in [5, 5.41) is 8.54. The number of rotatable bonds is 5. The van der Waals surface area contributed by atoms with Gasteiger partial charge in [-0.05, 0) is 47.9 Å². The van der Waals surface area contributed by atoms with Gasteiger partial charge in [0.25, 0.3) is 6.01 Å². The molecule has 0 radical (unpaired) electrons. The van der Waals surface area contributed by atoms with Gasteiger partial charge in [-0.25, -0.2) is 4.68 Å². The van der Waals surface area contributed by atoms with E-state index in [1.165, 1.54) is 0 Å². The van der Waals surface area contributed by atoms with Gasteiger partial charge in [-0.2, -0.15) is 4.98 Å². The number of fused-ring (bicyclic) bond motifs is 2. The van der Waals surface area contributed by atoms with Crippen molar-refractivity contribution in [1.29, 1.82) is 0 Å². The van der Waals surface area contributed by atoms with Crippen LogP contribution < -0.4 is 4.74 Å². The fourth-order valence-electron chi connectivity index (χ4n) is 5.24. The highest BCUT2D eigenvalue weighted by molar-refractivity contribution is 6.34. The quantitative estimate of drug-likeness (QED) is 0.336. The van der Waals surface area contributed by atoms with Crippen LogP contribution in [0.25, 0.3) is 39.0 Å². The molecule has 2 fully saturated rings. The summed E-state index contributed by atoms with van der Waals surface area (Å²) in [6.45, 7) is 3.25. The number of nitrogens with zero attached hydrogens (tertiary/aromatic N) is 4. The minimum atomic E-state index is -0.279. The van der Waals surface area contributed by atoms with Gasteiger partial charge < -0.3 is 19.2 Å². The fourth-order valence-corrected chi connectivity index (χ4v) is 5.51. The first-order valence-corrected chi connectivity index (χ1v) is 12.6. The molecule has 8 nitrogen and oxygen atoms in total. The van der Waals surface area contributed by atoms with Crippen molar-refractivity contribution in [2.45, 2.75) is 31.2 Å². The van der Waals surface area contributed by atoms with Crippen LogP contribution in [0.4, 0.5) is 0 Å². The van der Waals surface area contributed by atoms with Crippen LogP contribution >= 0.6 is 11.6 Å². The van der Waals surface area contributed by atoms with Crippen molar-refractivity contribution in [3.63, 3.8) is 0 Å². The van der Waals surface area contributed by atoms with Crippen molar-refractivity contribution < 1.29 is 14.2 Å². The third-order valence-electron chi connectivity index (χ3n) is 7.31. The first-order chi connectivity index (χ1) is 18.1. The summed E-state index contributed by atoms with van der Waals surface area (Å²) in [5.41, 5.74) is 6.45. The van der Waals surface area contributed by atoms with E-state index < -0.39 is 0 Å². The third-order valence-corrected chi connectivity index (χ3v) is 7.62. The van der Waals surface area contributed by atoms with Crippen LogP contribution in [0.2, 0.25) is 5.02 Å². The first-order valence-electron chi connectivity index (χ1n) is 12.2. The van der Waals surface area contributed by atoms with E-state index >= 15 is 0 Å². The van der Waals surface area contributed by atoms with Crippen LogP contribution in [-0.4, -0.2) is 56.0 Å². The van der Waals surface area contributed by atoms with Crippen LogP contribution in [0.1, 0.15) is 13.3 Å². The van der Waals surface area contributed by atoms with E-state index in [2.05, 4.69) is 63.6 Å². The van der Waals surface area contributed by atoms with E-state index in [0.29, 0.717) is 24.2 Å². The number of hydrogen-bond donors (Lipinski definition) is 1. The zero-order valence-electron chi connectivity index (χ0n) is 20.1. The van der Waals surface area contributed by atoms with Gasteiger partial charge in [0.2, 0.25) is 0 Å². The van der Waals surface area contributed by atoms with Gasteiger partial charge in [0, 0.05) is 12.0 Å². The Morgan fingerprint density at radius 2 is 1.81 bits per heavy atom. The summed E-state index contributed by atoms with van der Waals surface area (Å²) in [6.07, 6.45) is 4.08. The predicted octanol–water partition coefficient (Wildman–Crippen LogP) is 5.46. The summed E-state index contributed by atoms with van der Waals surface area (Å²) in [5.74, 6) is 0. The molecule has 37 heavy (non-hydrogen) atoms. The molecule has 2 saturated heterocycles. The summed E-state index contributed by atoms with van der Waals surface area (Å²) in [7, 11) is 0. The number of aromatic amines is 1. The largest absolute Gasteiger partial charge is 0.456 e. The minimum Gasteiger partial charge on any atom is -0.456 e. The number of H-pyrrole nitrogens is 1. The maximum Gasteiger partial charge on any atom is 0.295 e. The van der Waals surface area contributed by atoms with Gasteiger partial charge in [-0.1, -0.05) is 53.2 Å². The van der Waals surface area contributed by atoms with Gasteiger partial charge >= 0.3 is 0 Å². The number of aromatic nitrogens is 5. The average Bonchev–Trinajstić information content (AvgIpc) is 3.70. The first kappa shape index (κ1) is 22.5. The Morgan fingerprint density at radius 1 is 1.05 bits per heavy atom. The van der Waals surface area contributed by atoms with Crippen molar-refractivity contribution in [2.24, 2.45) is 0 Å². The second-order valence-corrected chi connectivity index (χ2v) is 10.1. The van der Waals surface area contributed by atoms with Crippen LogP contribution in [0.5, 0.6) is 6.01 Å². The lowest BCUT2D eigenvalue weighted by atomic mass is 9.97. The summed E-state index contributed by atoms with van der Waals surface area (Å²) < 4.78 is 19.7. The molecule has 2 aromatic heterocycles. The molecule has 9 heteroatoms. The molecule has 5 aromatic rings. The molecule has 186 valence electrons. The lowest BCUT2D eigenvalue weighted by Gasteiger charge is -2.22. The molecule has 0 spiro atoms. The standard InChI is InChI=1S/C28H24ClN5O3/c1-28-10-13-35-26(28)25(16-36-28)37-27-31-23-14-21(22(29)15-24(23)32-27)19-4-2-17(3-5-19)18-6-8-20(9-7-18)34-12-11-30-33-34/h2-9,11-12,14-15,25-26H,10,13,16H2,1H3,(H,31,32). The SMILES string of the molecule is CC12CCOC1C(Oc1nc3cc(-c4ccc(-c5ccc(-n6ccnn6)cc5)cc4)c(Cl)cc3[nH]1)CO2. The third kappa shape index (κ3) is 3.98. The Hall–Kier alpha value is -3.72. The molecule has 3 unspecified atom stereocenters. The number of hydrogen-bond acceptors (Lipinski definition) is 6. The van der Waals surface area contributed by atoms with Crippen molar-refractivity contribution >= 4 is 22.6 Å². The van der Waals surface area contributed by atoms with Crippen LogP contribution in [0.15, 0.2) is 73.1 Å². The molecular weight excluding hydrogens is 490 g/mol. The van der Waals surface area contributed by atoms with E-state index in [0.717, 1.165) is 45.4 Å². The highest BCUT2D eigenvalue weighted by Gasteiger charge is 2.52. The minimum absolute atomic E-state index is 0.0860. The molecule has 2 aliphatic heterocycles. The number of benzene rings is 3. The van der Waals surface area contributed by atoms with Gasteiger partial charge in [0.1, 0.15) is 6.10 Å². The number of imidazole rings is 1. The summed E-state index contributed by atoms with van der Waals surface area (Å²) in [4.78, 5) is 7.92. The molecule has 0 saturated carbocycles. The Bertz CT molecular complexity index is 1570. The molecule has 0 bridgehead atoms.